The van der Waals surface area contributed by atoms with Crippen molar-refractivity contribution in [2.45, 2.75) is 6.92 Å². The summed E-state index contributed by atoms with van der Waals surface area (Å²) in [4.78, 5) is 23.8. The quantitative estimate of drug-likeness (QED) is 0.798. The molecule has 0 aromatic heterocycles. The predicted octanol–water partition coefficient (Wildman–Crippen LogP) is 0.957. The molecule has 2 N–H and O–H groups in total. The van der Waals surface area contributed by atoms with Crippen LogP contribution in [-0.2, 0) is 4.79 Å². The molecule has 0 fully saturated rings. The van der Waals surface area contributed by atoms with Gasteiger partial charge in [-0.05, 0) is 30.8 Å². The highest BCUT2D eigenvalue weighted by Gasteiger charge is 2.10. The van der Waals surface area contributed by atoms with Crippen molar-refractivity contribution >= 4 is 17.6 Å². The number of rotatable bonds is 5. The summed E-state index contributed by atoms with van der Waals surface area (Å²) in [6.45, 7) is 2.93. The van der Waals surface area contributed by atoms with Crippen molar-refractivity contribution < 1.29 is 14.7 Å². The molecular formula is C12H16N2O3. The molecular weight excluding hydrogens is 220 g/mol. The summed E-state index contributed by atoms with van der Waals surface area (Å²) in [5, 5.41) is 11.7. The minimum Gasteiger partial charge on any atom is -0.478 e. The second-order valence-corrected chi connectivity index (χ2v) is 3.59. The summed E-state index contributed by atoms with van der Waals surface area (Å²) >= 11 is 0. The lowest BCUT2D eigenvalue weighted by Gasteiger charge is -2.17. The van der Waals surface area contributed by atoms with E-state index in [1.807, 2.05) is 6.92 Å². The maximum atomic E-state index is 11.7. The van der Waals surface area contributed by atoms with E-state index >= 15 is 0 Å². The number of carbonyl (C=O) groups is 2. The normalized spacial score (nSPS) is 10.0. The Morgan fingerprint density at radius 3 is 2.35 bits per heavy atom. The molecule has 0 aliphatic rings. The molecule has 0 saturated carbocycles. The number of carbonyl (C=O) groups excluding carboxylic acids is 1. The van der Waals surface area contributed by atoms with Gasteiger partial charge in [-0.25, -0.2) is 4.79 Å². The van der Waals surface area contributed by atoms with E-state index in [2.05, 4.69) is 5.32 Å². The molecule has 0 atom stereocenters. The van der Waals surface area contributed by atoms with Crippen LogP contribution in [0.25, 0.3) is 0 Å². The molecule has 0 unspecified atom stereocenters. The van der Waals surface area contributed by atoms with E-state index in [4.69, 9.17) is 5.11 Å². The molecule has 17 heavy (non-hydrogen) atoms. The van der Waals surface area contributed by atoms with E-state index in [-0.39, 0.29) is 18.0 Å². The molecule has 5 heteroatoms. The minimum absolute atomic E-state index is 0.0603. The Bertz CT molecular complexity index is 401. The highest BCUT2D eigenvalue weighted by molar-refractivity contribution is 5.95. The Kier molecular flexibility index (Phi) is 4.66. The number of carboxylic acid groups (broad SMARTS) is 1. The molecule has 0 heterocycles. The lowest BCUT2D eigenvalue weighted by molar-refractivity contribution is -0.117. The van der Waals surface area contributed by atoms with Crippen molar-refractivity contribution in [1.82, 2.24) is 5.32 Å². The zero-order valence-electron chi connectivity index (χ0n) is 9.93. The number of nitrogens with zero attached hydrogens (tertiary/aromatic N) is 1. The third-order valence-electron chi connectivity index (χ3n) is 2.40. The standard InChI is InChI=1S/C12H16N2O3/c1-3-13-8-11(15)14(2)10-6-4-9(5-7-10)12(16)17/h4-7,13H,3,8H2,1-2H3,(H,16,17). The first-order chi connectivity index (χ1) is 8.06. The molecule has 92 valence electrons. The average molecular weight is 236 g/mol. The van der Waals surface area contributed by atoms with Crippen LogP contribution in [0.5, 0.6) is 0 Å². The first kappa shape index (κ1) is 13.2. The lowest BCUT2D eigenvalue weighted by atomic mass is 10.2. The van der Waals surface area contributed by atoms with Crippen molar-refractivity contribution in [3.05, 3.63) is 29.8 Å². The summed E-state index contributed by atoms with van der Waals surface area (Å²) in [5.41, 5.74) is 0.888. The van der Waals surface area contributed by atoms with E-state index in [1.54, 1.807) is 19.2 Å². The molecule has 0 spiro atoms. The zero-order chi connectivity index (χ0) is 12.8. The Morgan fingerprint density at radius 1 is 1.29 bits per heavy atom. The molecule has 1 aromatic carbocycles. The van der Waals surface area contributed by atoms with Crippen LogP contribution in [-0.4, -0.2) is 37.1 Å². The van der Waals surface area contributed by atoms with Crippen LogP contribution in [0.1, 0.15) is 17.3 Å². The number of nitrogens with one attached hydrogen (secondary N) is 1. The van der Waals surface area contributed by atoms with Gasteiger partial charge in [-0.3, -0.25) is 4.79 Å². The van der Waals surface area contributed by atoms with E-state index in [1.165, 1.54) is 17.0 Å². The largest absolute Gasteiger partial charge is 0.478 e. The average Bonchev–Trinajstić information content (AvgIpc) is 2.35. The molecule has 0 radical (unpaired) electrons. The fourth-order valence-corrected chi connectivity index (χ4v) is 1.32. The lowest BCUT2D eigenvalue weighted by Crippen LogP contribution is -2.35. The van der Waals surface area contributed by atoms with Gasteiger partial charge in [-0.1, -0.05) is 6.92 Å². The number of hydrogen-bond acceptors (Lipinski definition) is 3. The van der Waals surface area contributed by atoms with Crippen molar-refractivity contribution in [2.24, 2.45) is 0 Å². The second kappa shape index (κ2) is 6.00. The molecule has 5 nitrogen and oxygen atoms in total. The van der Waals surface area contributed by atoms with Crippen molar-refractivity contribution in [2.75, 3.05) is 25.0 Å². The SMILES string of the molecule is CCNCC(=O)N(C)c1ccc(C(=O)O)cc1. The summed E-state index contributed by atoms with van der Waals surface area (Å²) < 4.78 is 0. The molecule has 0 saturated heterocycles. The number of benzene rings is 1. The topological polar surface area (TPSA) is 69.6 Å². The van der Waals surface area contributed by atoms with E-state index in [0.29, 0.717) is 5.69 Å². The molecule has 0 aliphatic heterocycles. The van der Waals surface area contributed by atoms with E-state index in [9.17, 15) is 9.59 Å². The van der Waals surface area contributed by atoms with Crippen LogP contribution in [0.4, 0.5) is 5.69 Å². The summed E-state index contributed by atoms with van der Waals surface area (Å²) in [6, 6.07) is 6.20. The molecule has 0 aliphatic carbocycles. The van der Waals surface area contributed by atoms with Crippen LogP contribution in [0.15, 0.2) is 24.3 Å². The Balaban J connectivity index is 2.72. The smallest absolute Gasteiger partial charge is 0.335 e. The third kappa shape index (κ3) is 3.57. The minimum atomic E-state index is -0.974. The number of amides is 1. The van der Waals surface area contributed by atoms with Crippen molar-refractivity contribution in [3.63, 3.8) is 0 Å². The van der Waals surface area contributed by atoms with Crippen molar-refractivity contribution in [3.8, 4) is 0 Å². The van der Waals surface area contributed by atoms with Gasteiger partial charge in [-0.15, -0.1) is 0 Å². The molecule has 1 rings (SSSR count). The van der Waals surface area contributed by atoms with Crippen LogP contribution in [0.3, 0.4) is 0 Å². The van der Waals surface area contributed by atoms with Gasteiger partial charge in [-0.2, -0.15) is 0 Å². The third-order valence-corrected chi connectivity index (χ3v) is 2.40. The summed E-state index contributed by atoms with van der Waals surface area (Å²) in [7, 11) is 1.66. The number of carboxylic acids is 1. The van der Waals surface area contributed by atoms with Crippen LogP contribution in [0, 0.1) is 0 Å². The van der Waals surface area contributed by atoms with Gasteiger partial charge < -0.3 is 15.3 Å². The molecule has 1 amide bonds. The second-order valence-electron chi connectivity index (χ2n) is 3.59. The van der Waals surface area contributed by atoms with Gasteiger partial charge >= 0.3 is 5.97 Å². The molecule has 0 bridgehead atoms. The summed E-state index contributed by atoms with van der Waals surface area (Å²) in [6.07, 6.45) is 0. The van der Waals surface area contributed by atoms with Gasteiger partial charge in [0.25, 0.3) is 0 Å². The van der Waals surface area contributed by atoms with Gasteiger partial charge in [0.05, 0.1) is 12.1 Å². The number of anilines is 1. The Labute approximate surface area is 100 Å². The zero-order valence-corrected chi connectivity index (χ0v) is 9.93. The fraction of sp³-hybridized carbons (Fsp3) is 0.333. The van der Waals surface area contributed by atoms with Gasteiger partial charge in [0.15, 0.2) is 0 Å². The van der Waals surface area contributed by atoms with Crippen LogP contribution in [0.2, 0.25) is 0 Å². The van der Waals surface area contributed by atoms with Crippen LogP contribution < -0.4 is 10.2 Å². The molecule has 1 aromatic rings. The maximum Gasteiger partial charge on any atom is 0.335 e. The number of likely N-dealkylation sites (N-methyl/N-ethyl adjacent to an activating group) is 2. The summed E-state index contributed by atoms with van der Waals surface area (Å²) in [5.74, 6) is -1.03. The maximum absolute atomic E-state index is 11.7. The van der Waals surface area contributed by atoms with Gasteiger partial charge in [0, 0.05) is 12.7 Å². The Hall–Kier alpha value is -1.88. The Morgan fingerprint density at radius 2 is 1.88 bits per heavy atom. The first-order valence-corrected chi connectivity index (χ1v) is 5.37. The monoisotopic (exact) mass is 236 g/mol. The van der Waals surface area contributed by atoms with Gasteiger partial charge in [0.2, 0.25) is 5.91 Å². The van der Waals surface area contributed by atoms with Gasteiger partial charge in [0.1, 0.15) is 0 Å². The predicted molar refractivity (Wildman–Crippen MR) is 65.4 cm³/mol. The highest BCUT2D eigenvalue weighted by Crippen LogP contribution is 2.13. The first-order valence-electron chi connectivity index (χ1n) is 5.37. The van der Waals surface area contributed by atoms with E-state index < -0.39 is 5.97 Å². The van der Waals surface area contributed by atoms with Crippen molar-refractivity contribution in [1.29, 1.82) is 0 Å². The number of aromatic carboxylic acids is 1. The number of hydrogen-bond donors (Lipinski definition) is 2. The fourth-order valence-electron chi connectivity index (χ4n) is 1.32. The van der Waals surface area contributed by atoms with Crippen LogP contribution >= 0.6 is 0 Å². The van der Waals surface area contributed by atoms with E-state index in [0.717, 1.165) is 6.54 Å². The highest BCUT2D eigenvalue weighted by atomic mass is 16.4.